The van der Waals surface area contributed by atoms with Crippen LogP contribution in [0.5, 0.6) is 5.75 Å². The molecule has 1 aliphatic heterocycles. The van der Waals surface area contributed by atoms with Gasteiger partial charge in [-0.05, 0) is 58.7 Å². The highest BCUT2D eigenvalue weighted by molar-refractivity contribution is 9.09. The van der Waals surface area contributed by atoms with Crippen molar-refractivity contribution in [1.82, 2.24) is 15.2 Å². The molecule has 2 aromatic rings. The number of halogens is 1. The van der Waals surface area contributed by atoms with Gasteiger partial charge in [0.15, 0.2) is 11.6 Å². The van der Waals surface area contributed by atoms with Gasteiger partial charge in [0, 0.05) is 23.8 Å². The van der Waals surface area contributed by atoms with Gasteiger partial charge in [0.05, 0.1) is 17.4 Å². The fourth-order valence-corrected chi connectivity index (χ4v) is 5.25. The van der Waals surface area contributed by atoms with Gasteiger partial charge in [-0.3, -0.25) is 19.3 Å². The lowest BCUT2D eigenvalue weighted by Gasteiger charge is -2.28. The van der Waals surface area contributed by atoms with E-state index in [1.807, 2.05) is 25.1 Å². The first-order chi connectivity index (χ1) is 18.3. The third-order valence-corrected chi connectivity index (χ3v) is 7.60. The number of amides is 2. The van der Waals surface area contributed by atoms with Gasteiger partial charge < -0.3 is 14.8 Å². The number of rotatable bonds is 8. The number of aromatic nitrogens is 1. The van der Waals surface area contributed by atoms with Gasteiger partial charge in [-0.2, -0.15) is 0 Å². The monoisotopic (exact) mass is 599 g/mol. The van der Waals surface area contributed by atoms with E-state index < -0.39 is 35.3 Å². The smallest absolute Gasteiger partial charge is 0.411 e. The van der Waals surface area contributed by atoms with Crippen LogP contribution in [0, 0.1) is 12.8 Å². The van der Waals surface area contributed by atoms with Crippen molar-refractivity contribution in [2.75, 3.05) is 11.9 Å². The van der Waals surface area contributed by atoms with E-state index in [-0.39, 0.29) is 41.5 Å². The SMILES string of the molecule is C=C[C@@H]1C[C@]1(NC(=O)[C@@H]1C[C@@H](Oc2cc(C(=O)CBr)nc3cc(C)ccc23)CN1C(=O)OC(C)(C)C)C(C)=O. The Bertz CT molecular complexity index is 1350. The van der Waals surface area contributed by atoms with E-state index in [1.54, 1.807) is 32.9 Å². The number of nitrogens with one attached hydrogen (secondary N) is 1. The van der Waals surface area contributed by atoms with Crippen molar-refractivity contribution in [1.29, 1.82) is 0 Å². The van der Waals surface area contributed by atoms with Crippen molar-refractivity contribution in [3.05, 3.63) is 48.2 Å². The van der Waals surface area contributed by atoms with Gasteiger partial charge in [0.1, 0.15) is 34.7 Å². The van der Waals surface area contributed by atoms with Crippen molar-refractivity contribution >= 4 is 50.4 Å². The summed E-state index contributed by atoms with van der Waals surface area (Å²) in [7, 11) is 0. The second-order valence-electron chi connectivity index (χ2n) is 11.3. The predicted molar refractivity (Wildman–Crippen MR) is 150 cm³/mol. The van der Waals surface area contributed by atoms with Crippen molar-refractivity contribution in [3.63, 3.8) is 0 Å². The fraction of sp³-hybridized carbons (Fsp3) is 0.483. The van der Waals surface area contributed by atoms with E-state index in [1.165, 1.54) is 11.8 Å². The van der Waals surface area contributed by atoms with Crippen molar-refractivity contribution < 1.29 is 28.7 Å². The molecule has 10 heteroatoms. The Hall–Kier alpha value is -3.27. The molecule has 0 bridgehead atoms. The number of Topliss-reactive ketones (excluding diaryl/α,β-unsaturated/α-hetero) is 2. The molecule has 208 valence electrons. The minimum absolute atomic E-state index is 0.0857. The molecule has 39 heavy (non-hydrogen) atoms. The molecule has 2 amide bonds. The number of benzene rings is 1. The molecule has 1 saturated carbocycles. The standard InChI is InChI=1S/C29H34BrN3O6/c1-7-18-13-29(18,17(3)34)32-26(36)23-11-19(15-33(23)27(37)39-28(4,5)6)38-25-12-22(24(35)14-30)31-21-10-16(2)8-9-20(21)25/h7-10,12,18-19,23H,1,11,13-15H2,2-6H3,(H,32,36)/t18-,19-,23+,29+/m1/s1. The van der Waals surface area contributed by atoms with Crippen LogP contribution in [0.4, 0.5) is 4.79 Å². The second-order valence-corrected chi connectivity index (χ2v) is 11.8. The van der Waals surface area contributed by atoms with Crippen LogP contribution < -0.4 is 10.1 Å². The van der Waals surface area contributed by atoms with Crippen LogP contribution in [0.15, 0.2) is 36.9 Å². The summed E-state index contributed by atoms with van der Waals surface area (Å²) in [5, 5.41) is 3.71. The minimum Gasteiger partial charge on any atom is -0.488 e. The minimum atomic E-state index is -0.999. The van der Waals surface area contributed by atoms with Crippen molar-refractivity contribution in [2.45, 2.75) is 70.7 Å². The van der Waals surface area contributed by atoms with E-state index in [4.69, 9.17) is 9.47 Å². The molecule has 2 heterocycles. The molecule has 1 aliphatic carbocycles. The number of alkyl halides is 1. The first-order valence-electron chi connectivity index (χ1n) is 12.9. The largest absolute Gasteiger partial charge is 0.488 e. The van der Waals surface area contributed by atoms with E-state index in [2.05, 4.69) is 32.8 Å². The van der Waals surface area contributed by atoms with Gasteiger partial charge in [0.25, 0.3) is 0 Å². The fourth-order valence-electron chi connectivity index (χ4n) is 4.96. The van der Waals surface area contributed by atoms with Crippen LogP contribution in [0.3, 0.4) is 0 Å². The summed E-state index contributed by atoms with van der Waals surface area (Å²) in [6.07, 6.45) is 1.09. The number of ether oxygens (including phenoxy) is 2. The molecular formula is C29H34BrN3O6. The highest BCUT2D eigenvalue weighted by atomic mass is 79.9. The number of aryl methyl sites for hydroxylation is 1. The molecule has 0 spiro atoms. The molecule has 4 rings (SSSR count). The van der Waals surface area contributed by atoms with Crippen molar-refractivity contribution in [3.8, 4) is 5.75 Å². The second kappa shape index (κ2) is 10.7. The number of hydrogen-bond donors (Lipinski definition) is 1. The first kappa shape index (κ1) is 28.7. The summed E-state index contributed by atoms with van der Waals surface area (Å²) in [5.74, 6) is -0.513. The molecule has 1 aromatic heterocycles. The molecule has 4 atom stereocenters. The van der Waals surface area contributed by atoms with E-state index in [0.29, 0.717) is 23.1 Å². The Kier molecular flexibility index (Phi) is 7.89. The van der Waals surface area contributed by atoms with Crippen LogP contribution in [0.1, 0.15) is 56.6 Å². The quantitative estimate of drug-likeness (QED) is 0.269. The maximum atomic E-state index is 13.5. The Balaban J connectivity index is 1.64. The first-order valence-corrected chi connectivity index (χ1v) is 14.0. The average Bonchev–Trinajstić information content (AvgIpc) is 3.41. The normalized spacial score (nSPS) is 24.3. The van der Waals surface area contributed by atoms with E-state index in [9.17, 15) is 19.2 Å². The zero-order valence-corrected chi connectivity index (χ0v) is 24.5. The number of carbonyl (C=O) groups excluding carboxylic acids is 4. The summed E-state index contributed by atoms with van der Waals surface area (Å²) >= 11 is 3.20. The average molecular weight is 601 g/mol. The van der Waals surface area contributed by atoms with Gasteiger partial charge in [-0.25, -0.2) is 9.78 Å². The highest BCUT2D eigenvalue weighted by Crippen LogP contribution is 2.45. The summed E-state index contributed by atoms with van der Waals surface area (Å²) in [6, 6.07) is 6.35. The third-order valence-electron chi connectivity index (χ3n) is 7.10. The Morgan fingerprint density at radius 2 is 1.97 bits per heavy atom. The van der Waals surface area contributed by atoms with Crippen LogP contribution >= 0.6 is 15.9 Å². The molecule has 0 unspecified atom stereocenters. The number of fused-ring (bicyclic) bond motifs is 1. The zero-order valence-electron chi connectivity index (χ0n) is 22.9. The van der Waals surface area contributed by atoms with Crippen LogP contribution in [-0.4, -0.2) is 68.6 Å². The number of hydrogen-bond acceptors (Lipinski definition) is 7. The third kappa shape index (κ3) is 6.00. The number of pyridine rings is 1. The van der Waals surface area contributed by atoms with E-state index in [0.717, 1.165) is 5.56 Å². The summed E-state index contributed by atoms with van der Waals surface area (Å²) in [4.78, 5) is 57.4. The predicted octanol–water partition coefficient (Wildman–Crippen LogP) is 4.53. The van der Waals surface area contributed by atoms with Crippen LogP contribution in [0.25, 0.3) is 10.9 Å². The number of carbonyl (C=O) groups is 4. The number of likely N-dealkylation sites (tertiary alicyclic amines) is 1. The zero-order chi connectivity index (χ0) is 28.7. The lowest BCUT2D eigenvalue weighted by Crippen LogP contribution is -2.53. The Morgan fingerprint density at radius 3 is 2.56 bits per heavy atom. The summed E-state index contributed by atoms with van der Waals surface area (Å²) < 4.78 is 12.0. The molecule has 1 saturated heterocycles. The highest BCUT2D eigenvalue weighted by Gasteiger charge is 2.58. The maximum Gasteiger partial charge on any atom is 0.411 e. The molecule has 2 aliphatic rings. The van der Waals surface area contributed by atoms with Gasteiger partial charge in [-0.15, -0.1) is 6.58 Å². The topological polar surface area (TPSA) is 115 Å². The number of ketones is 2. The van der Waals surface area contributed by atoms with Crippen molar-refractivity contribution in [2.24, 2.45) is 5.92 Å². The van der Waals surface area contributed by atoms with Crippen LogP contribution in [0.2, 0.25) is 0 Å². The molecule has 0 radical (unpaired) electrons. The molecular weight excluding hydrogens is 566 g/mol. The van der Waals surface area contributed by atoms with Gasteiger partial charge >= 0.3 is 6.09 Å². The summed E-state index contributed by atoms with van der Waals surface area (Å²) in [6.45, 7) is 12.5. The molecule has 9 nitrogen and oxygen atoms in total. The molecule has 1 N–H and O–H groups in total. The van der Waals surface area contributed by atoms with E-state index >= 15 is 0 Å². The lowest BCUT2D eigenvalue weighted by atomic mass is 10.1. The van der Waals surface area contributed by atoms with Crippen LogP contribution in [-0.2, 0) is 14.3 Å². The molecule has 1 aromatic carbocycles. The number of nitrogens with zero attached hydrogens (tertiary/aromatic N) is 2. The van der Waals surface area contributed by atoms with Gasteiger partial charge in [-0.1, -0.05) is 28.1 Å². The Labute approximate surface area is 236 Å². The maximum absolute atomic E-state index is 13.5. The van der Waals surface area contributed by atoms with Gasteiger partial charge in [0.2, 0.25) is 5.91 Å². The Morgan fingerprint density at radius 1 is 1.26 bits per heavy atom. The lowest BCUT2D eigenvalue weighted by molar-refractivity contribution is -0.130. The summed E-state index contributed by atoms with van der Waals surface area (Å²) in [5.41, 5.74) is 0.0770. The molecule has 2 fully saturated rings.